The summed E-state index contributed by atoms with van der Waals surface area (Å²) in [6.45, 7) is 5.22. The molecular formula is C13H17NO4. The van der Waals surface area contributed by atoms with Crippen molar-refractivity contribution in [3.63, 3.8) is 0 Å². The number of allylic oxidation sites excluding steroid dienone is 2. The van der Waals surface area contributed by atoms with Crippen LogP contribution in [0.1, 0.15) is 26.2 Å². The van der Waals surface area contributed by atoms with E-state index in [0.29, 0.717) is 19.3 Å². The Balaban J connectivity index is 2.51. The highest BCUT2D eigenvalue weighted by Crippen LogP contribution is 2.21. The molecule has 1 rings (SSSR count). The summed E-state index contributed by atoms with van der Waals surface area (Å²) < 4.78 is 4.96. The van der Waals surface area contributed by atoms with Crippen molar-refractivity contribution < 1.29 is 14.5 Å². The van der Waals surface area contributed by atoms with Crippen LogP contribution in [0.5, 0.6) is 0 Å². The van der Waals surface area contributed by atoms with Gasteiger partial charge in [0.05, 0.1) is 0 Å². The van der Waals surface area contributed by atoms with Crippen molar-refractivity contribution in [3.05, 3.63) is 46.6 Å². The van der Waals surface area contributed by atoms with Gasteiger partial charge in [-0.3, -0.25) is 10.1 Å². The number of esters is 1. The predicted molar refractivity (Wildman–Crippen MR) is 67.6 cm³/mol. The highest BCUT2D eigenvalue weighted by molar-refractivity contribution is 5.82. The second-order valence-corrected chi connectivity index (χ2v) is 4.21. The second-order valence-electron chi connectivity index (χ2n) is 4.21. The van der Waals surface area contributed by atoms with E-state index in [4.69, 9.17) is 4.74 Å². The molecule has 0 saturated carbocycles. The molecule has 0 aromatic rings. The summed E-state index contributed by atoms with van der Waals surface area (Å²) in [7, 11) is 0. The van der Waals surface area contributed by atoms with Gasteiger partial charge in [-0.15, -0.1) is 0 Å². The molecule has 5 nitrogen and oxygen atoms in total. The second kappa shape index (κ2) is 6.74. The zero-order valence-corrected chi connectivity index (χ0v) is 10.4. The summed E-state index contributed by atoms with van der Waals surface area (Å²) in [4.78, 5) is 21.8. The zero-order chi connectivity index (χ0) is 13.5. The Labute approximate surface area is 106 Å². The quantitative estimate of drug-likeness (QED) is 0.247. The van der Waals surface area contributed by atoms with Gasteiger partial charge in [0.15, 0.2) is 0 Å². The summed E-state index contributed by atoms with van der Waals surface area (Å²) in [5.74, 6) is -0.466. The Hall–Kier alpha value is -1.91. The molecule has 1 aliphatic carbocycles. The van der Waals surface area contributed by atoms with Crippen molar-refractivity contribution in [1.29, 1.82) is 0 Å². The number of carbonyl (C=O) groups is 1. The summed E-state index contributed by atoms with van der Waals surface area (Å²) in [5.41, 5.74) is 0.811. The van der Waals surface area contributed by atoms with Crippen LogP contribution in [0.2, 0.25) is 0 Å². The SMILES string of the molecule is C=C[C@@H](C)OC(=O)/C=C/C1=CCCC([N+](=O)[O-])C1. The molecule has 0 radical (unpaired) electrons. The first kappa shape index (κ1) is 14.2. The summed E-state index contributed by atoms with van der Waals surface area (Å²) in [5, 5.41) is 10.7. The first-order chi connectivity index (χ1) is 8.52. The Morgan fingerprint density at radius 1 is 1.72 bits per heavy atom. The lowest BCUT2D eigenvalue weighted by Crippen LogP contribution is -2.22. The van der Waals surface area contributed by atoms with Gasteiger partial charge in [0.2, 0.25) is 6.04 Å². The Kier molecular flexibility index (Phi) is 5.30. The van der Waals surface area contributed by atoms with Gasteiger partial charge in [-0.2, -0.15) is 0 Å². The van der Waals surface area contributed by atoms with Crippen LogP contribution in [0.4, 0.5) is 0 Å². The van der Waals surface area contributed by atoms with Crippen molar-refractivity contribution in [2.75, 3.05) is 0 Å². The van der Waals surface area contributed by atoms with E-state index in [2.05, 4.69) is 6.58 Å². The highest BCUT2D eigenvalue weighted by atomic mass is 16.6. The molecule has 1 aliphatic rings. The van der Waals surface area contributed by atoms with Crippen LogP contribution < -0.4 is 0 Å². The predicted octanol–water partition coefficient (Wildman–Crippen LogP) is 2.42. The molecule has 0 bridgehead atoms. The molecular weight excluding hydrogens is 234 g/mol. The maximum absolute atomic E-state index is 11.4. The summed E-state index contributed by atoms with van der Waals surface area (Å²) >= 11 is 0. The van der Waals surface area contributed by atoms with Gasteiger partial charge in [0, 0.05) is 23.8 Å². The standard InChI is InChI=1S/C13H17NO4/c1-3-10(2)18-13(15)8-7-11-5-4-6-12(9-11)14(16)17/h3,5,7-8,10,12H,1,4,6,9H2,2H3/b8-7+/t10-,12?/m1/s1. The largest absolute Gasteiger partial charge is 0.455 e. The van der Waals surface area contributed by atoms with Crippen LogP contribution >= 0.6 is 0 Å². The lowest BCUT2D eigenvalue weighted by molar-refractivity contribution is -0.523. The number of nitrogens with zero attached hydrogens (tertiary/aromatic N) is 1. The van der Waals surface area contributed by atoms with E-state index in [1.807, 2.05) is 6.08 Å². The molecule has 98 valence electrons. The van der Waals surface area contributed by atoms with Crippen LogP contribution in [0.3, 0.4) is 0 Å². The Morgan fingerprint density at radius 2 is 2.44 bits per heavy atom. The van der Waals surface area contributed by atoms with Crippen LogP contribution in [0.25, 0.3) is 0 Å². The number of carbonyl (C=O) groups excluding carboxylic acids is 1. The molecule has 18 heavy (non-hydrogen) atoms. The molecule has 0 heterocycles. The van der Waals surface area contributed by atoms with E-state index in [1.165, 1.54) is 12.2 Å². The van der Waals surface area contributed by atoms with E-state index < -0.39 is 12.0 Å². The monoisotopic (exact) mass is 251 g/mol. The third-order valence-electron chi connectivity index (χ3n) is 2.74. The molecule has 0 fully saturated rings. The lowest BCUT2D eigenvalue weighted by Gasteiger charge is -2.14. The Bertz CT molecular complexity index is 398. The fraction of sp³-hybridized carbons (Fsp3) is 0.462. The molecule has 0 aromatic heterocycles. The van der Waals surface area contributed by atoms with Gasteiger partial charge in [0.1, 0.15) is 6.10 Å². The van der Waals surface area contributed by atoms with Crippen molar-refractivity contribution in [2.24, 2.45) is 0 Å². The van der Waals surface area contributed by atoms with Crippen molar-refractivity contribution in [3.8, 4) is 0 Å². The van der Waals surface area contributed by atoms with E-state index in [0.717, 1.165) is 5.57 Å². The lowest BCUT2D eigenvalue weighted by atomic mass is 9.95. The van der Waals surface area contributed by atoms with Gasteiger partial charge in [0.25, 0.3) is 0 Å². The molecule has 0 aromatic carbocycles. The highest BCUT2D eigenvalue weighted by Gasteiger charge is 2.23. The first-order valence-electron chi connectivity index (χ1n) is 5.86. The van der Waals surface area contributed by atoms with E-state index in [-0.39, 0.29) is 11.0 Å². The van der Waals surface area contributed by atoms with Crippen LogP contribution in [-0.2, 0) is 9.53 Å². The minimum Gasteiger partial charge on any atom is -0.455 e. The third kappa shape index (κ3) is 4.53. The molecule has 0 amide bonds. The molecule has 5 heteroatoms. The van der Waals surface area contributed by atoms with Crippen molar-refractivity contribution in [2.45, 2.75) is 38.3 Å². The van der Waals surface area contributed by atoms with Crippen LogP contribution in [0, 0.1) is 10.1 Å². The van der Waals surface area contributed by atoms with E-state index in [1.54, 1.807) is 13.0 Å². The number of ether oxygens (including phenoxy) is 1. The first-order valence-corrected chi connectivity index (χ1v) is 5.86. The molecule has 0 spiro atoms. The van der Waals surface area contributed by atoms with Gasteiger partial charge >= 0.3 is 5.97 Å². The fourth-order valence-electron chi connectivity index (χ4n) is 1.68. The molecule has 0 saturated heterocycles. The Morgan fingerprint density at radius 3 is 3.06 bits per heavy atom. The maximum Gasteiger partial charge on any atom is 0.331 e. The summed E-state index contributed by atoms with van der Waals surface area (Å²) in [6.07, 6.45) is 7.59. The van der Waals surface area contributed by atoms with E-state index >= 15 is 0 Å². The third-order valence-corrected chi connectivity index (χ3v) is 2.74. The van der Waals surface area contributed by atoms with Gasteiger partial charge in [-0.25, -0.2) is 4.79 Å². The molecule has 0 N–H and O–H groups in total. The number of hydrogen-bond donors (Lipinski definition) is 0. The van der Waals surface area contributed by atoms with Gasteiger partial charge < -0.3 is 4.74 Å². The van der Waals surface area contributed by atoms with E-state index in [9.17, 15) is 14.9 Å². The van der Waals surface area contributed by atoms with Gasteiger partial charge in [-0.1, -0.05) is 24.8 Å². The number of rotatable bonds is 5. The molecule has 0 aliphatic heterocycles. The minimum absolute atomic E-state index is 0.265. The smallest absolute Gasteiger partial charge is 0.331 e. The number of hydrogen-bond acceptors (Lipinski definition) is 4. The molecule has 2 atom stereocenters. The normalized spacial score (nSPS) is 21.2. The minimum atomic E-state index is -0.544. The van der Waals surface area contributed by atoms with Crippen LogP contribution in [0.15, 0.2) is 36.5 Å². The van der Waals surface area contributed by atoms with Crippen molar-refractivity contribution in [1.82, 2.24) is 0 Å². The van der Waals surface area contributed by atoms with Crippen molar-refractivity contribution >= 4 is 5.97 Å². The average Bonchev–Trinajstić information content (AvgIpc) is 2.36. The zero-order valence-electron chi connectivity index (χ0n) is 10.4. The maximum atomic E-state index is 11.4. The fourth-order valence-corrected chi connectivity index (χ4v) is 1.68. The number of nitro groups is 1. The topological polar surface area (TPSA) is 69.4 Å². The molecule has 1 unspecified atom stereocenters. The van der Waals surface area contributed by atoms with Gasteiger partial charge in [-0.05, 0) is 18.9 Å². The summed E-state index contributed by atoms with van der Waals surface area (Å²) in [6, 6.07) is -0.544. The average molecular weight is 251 g/mol. The van der Waals surface area contributed by atoms with Crippen LogP contribution in [-0.4, -0.2) is 23.0 Å².